The molecule has 1 aromatic heterocycles. The molecule has 5 amide bonds. The number of ether oxygens (including phenoxy) is 2. The van der Waals surface area contributed by atoms with Crippen molar-refractivity contribution in [2.24, 2.45) is 4.99 Å². The van der Waals surface area contributed by atoms with Crippen LogP contribution in [0.2, 0.25) is 5.02 Å². The lowest BCUT2D eigenvalue weighted by Gasteiger charge is -2.29. The molecule has 0 spiro atoms. The van der Waals surface area contributed by atoms with Gasteiger partial charge in [0.05, 0.1) is 43.3 Å². The van der Waals surface area contributed by atoms with Crippen LogP contribution in [0, 0.1) is 11.6 Å². The van der Waals surface area contributed by atoms with E-state index in [4.69, 9.17) is 26.1 Å². The number of aromatic nitrogens is 2. The number of carbonyl (C=O) groups is 5. The molecule has 3 aliphatic heterocycles. The molecule has 1 atom stereocenters. The summed E-state index contributed by atoms with van der Waals surface area (Å²) in [6, 6.07) is 19.8. The number of amides is 5. The van der Waals surface area contributed by atoms with Crippen molar-refractivity contribution in [3.05, 3.63) is 135 Å². The van der Waals surface area contributed by atoms with Crippen molar-refractivity contribution in [2.45, 2.75) is 51.2 Å². The van der Waals surface area contributed by atoms with Gasteiger partial charge in [-0.1, -0.05) is 29.8 Å². The second-order valence-electron chi connectivity index (χ2n) is 15.4. The van der Waals surface area contributed by atoms with Crippen molar-refractivity contribution in [3.8, 4) is 11.3 Å². The number of carbonyl (C=O) groups excluding carboxylic acids is 5. The number of rotatable bonds is 17. The van der Waals surface area contributed by atoms with Gasteiger partial charge < -0.3 is 30.3 Å². The monoisotopic (exact) mass is 940 g/mol. The first-order chi connectivity index (χ1) is 31.5. The minimum absolute atomic E-state index is 0. The largest absolute Gasteiger partial charge is 0.379 e. The third kappa shape index (κ3) is 10.9. The zero-order valence-electron chi connectivity index (χ0n) is 35.3. The van der Waals surface area contributed by atoms with Crippen LogP contribution in [0.4, 0.5) is 26.1 Å². The highest BCUT2D eigenvalue weighted by Gasteiger charge is 2.40. The Hall–Kier alpha value is -6.66. The zero-order chi connectivity index (χ0) is 45.5. The molecule has 66 heavy (non-hydrogen) atoms. The number of anilines is 3. The SMILES string of the molecule is Cl.O=C1CCC(N2Cc3c(NC(=O)CCCCOCCOCCNC(=O)c4ccc(Nc5ncc6c(n5)-c5ccc(Cl)cc5C(c5c(F)cccc5F)=NC6)cc4)cccc3C2=O)C(=O)N1. The molecule has 0 bridgehead atoms. The van der Waals surface area contributed by atoms with Crippen molar-refractivity contribution in [1.82, 2.24) is 25.5 Å². The Balaban J connectivity index is 0.00000648. The second kappa shape index (κ2) is 21.6. The normalized spacial score (nSPS) is 15.1. The van der Waals surface area contributed by atoms with Crippen LogP contribution >= 0.6 is 24.0 Å². The van der Waals surface area contributed by atoms with Gasteiger partial charge in [0.15, 0.2) is 0 Å². The lowest BCUT2D eigenvalue weighted by Crippen LogP contribution is -2.52. The molecule has 0 radical (unpaired) electrons. The highest BCUT2D eigenvalue weighted by molar-refractivity contribution is 6.31. The van der Waals surface area contributed by atoms with Crippen LogP contribution in [0.15, 0.2) is 90.1 Å². The van der Waals surface area contributed by atoms with E-state index in [1.807, 2.05) is 0 Å². The zero-order valence-corrected chi connectivity index (χ0v) is 36.9. The van der Waals surface area contributed by atoms with E-state index in [2.05, 4.69) is 31.2 Å². The third-order valence-electron chi connectivity index (χ3n) is 11.1. The molecule has 0 aliphatic carbocycles. The predicted molar refractivity (Wildman–Crippen MR) is 244 cm³/mol. The first-order valence-electron chi connectivity index (χ1n) is 21.1. The predicted octanol–water partition coefficient (Wildman–Crippen LogP) is 6.92. The molecule has 1 saturated heterocycles. The van der Waals surface area contributed by atoms with Crippen molar-refractivity contribution < 1.29 is 42.2 Å². The lowest BCUT2D eigenvalue weighted by atomic mass is 9.95. The summed E-state index contributed by atoms with van der Waals surface area (Å²) in [6.45, 7) is 1.93. The first-order valence-corrected chi connectivity index (χ1v) is 21.4. The summed E-state index contributed by atoms with van der Waals surface area (Å²) < 4.78 is 41.0. The van der Waals surface area contributed by atoms with Crippen molar-refractivity contribution in [2.75, 3.05) is 43.6 Å². The minimum atomic E-state index is -0.743. The van der Waals surface area contributed by atoms with Crippen LogP contribution in [0.3, 0.4) is 0 Å². The van der Waals surface area contributed by atoms with E-state index in [1.54, 1.807) is 66.9 Å². The van der Waals surface area contributed by atoms with Crippen LogP contribution in [-0.2, 0) is 36.9 Å². The van der Waals surface area contributed by atoms with Crippen LogP contribution in [0.5, 0.6) is 0 Å². The molecule has 5 aromatic rings. The number of benzene rings is 4. The average Bonchev–Trinajstić information content (AvgIpc) is 3.54. The summed E-state index contributed by atoms with van der Waals surface area (Å²) >= 11 is 6.34. The number of halogens is 4. The van der Waals surface area contributed by atoms with Crippen molar-refractivity contribution >= 4 is 76.6 Å². The molecule has 4 N–H and O–H groups in total. The fourth-order valence-electron chi connectivity index (χ4n) is 7.82. The van der Waals surface area contributed by atoms with Gasteiger partial charge in [-0.15, -0.1) is 12.4 Å². The summed E-state index contributed by atoms with van der Waals surface area (Å²) in [5, 5.41) is 11.5. The van der Waals surface area contributed by atoms with E-state index in [0.29, 0.717) is 88.1 Å². The fraction of sp³-hybridized carbons (Fsp3) is 0.277. The number of nitrogens with zero attached hydrogens (tertiary/aromatic N) is 4. The van der Waals surface area contributed by atoms with Crippen LogP contribution < -0.4 is 21.3 Å². The van der Waals surface area contributed by atoms with Crippen molar-refractivity contribution in [3.63, 3.8) is 0 Å². The number of aliphatic imine (C=N–C) groups is 1. The van der Waals surface area contributed by atoms with Gasteiger partial charge in [0.25, 0.3) is 11.8 Å². The first kappa shape index (κ1) is 47.3. The lowest BCUT2D eigenvalue weighted by molar-refractivity contribution is -0.137. The number of unbranched alkanes of at least 4 members (excludes halogenated alkanes) is 1. The summed E-state index contributed by atoms with van der Waals surface area (Å²) in [7, 11) is 0. The minimum Gasteiger partial charge on any atom is -0.379 e. The summed E-state index contributed by atoms with van der Waals surface area (Å²) in [5.74, 6) is -2.85. The van der Waals surface area contributed by atoms with Crippen molar-refractivity contribution in [1.29, 1.82) is 0 Å². The van der Waals surface area contributed by atoms with E-state index in [1.165, 1.54) is 23.1 Å². The Bertz CT molecular complexity index is 2690. The van der Waals surface area contributed by atoms with Gasteiger partial charge in [0.1, 0.15) is 17.7 Å². The molecule has 15 nitrogen and oxygen atoms in total. The Kier molecular flexibility index (Phi) is 15.4. The van der Waals surface area contributed by atoms with Gasteiger partial charge in [0, 0.05) is 88.5 Å². The number of nitrogens with one attached hydrogen (secondary N) is 4. The maximum Gasteiger partial charge on any atom is 0.255 e. The van der Waals surface area contributed by atoms with E-state index in [-0.39, 0.29) is 98.8 Å². The fourth-order valence-corrected chi connectivity index (χ4v) is 7.99. The van der Waals surface area contributed by atoms with Gasteiger partial charge in [-0.2, -0.15) is 0 Å². The highest BCUT2D eigenvalue weighted by Crippen LogP contribution is 2.36. The highest BCUT2D eigenvalue weighted by atomic mass is 35.5. The van der Waals surface area contributed by atoms with Crippen LogP contribution in [0.1, 0.15) is 75.1 Å². The van der Waals surface area contributed by atoms with Gasteiger partial charge in [-0.25, -0.2) is 18.7 Å². The summed E-state index contributed by atoms with van der Waals surface area (Å²) in [5.41, 5.74) is 4.75. The number of imide groups is 1. The molecule has 8 rings (SSSR count). The number of fused-ring (bicyclic) bond motifs is 4. The van der Waals surface area contributed by atoms with Crippen LogP contribution in [-0.4, -0.2) is 89.1 Å². The molecule has 19 heteroatoms. The molecule has 3 aliphatic rings. The Morgan fingerprint density at radius 2 is 1.64 bits per heavy atom. The van der Waals surface area contributed by atoms with E-state index < -0.39 is 23.6 Å². The molecule has 1 unspecified atom stereocenters. The Morgan fingerprint density at radius 1 is 0.879 bits per heavy atom. The van der Waals surface area contributed by atoms with E-state index in [0.717, 1.165) is 0 Å². The molecule has 4 aromatic carbocycles. The molecular weight excluding hydrogens is 897 g/mol. The maximum atomic E-state index is 14.9. The number of hydrogen-bond acceptors (Lipinski definition) is 11. The van der Waals surface area contributed by atoms with Gasteiger partial charge in [-0.05, 0) is 79.9 Å². The third-order valence-corrected chi connectivity index (χ3v) is 11.3. The molecule has 1 fully saturated rings. The van der Waals surface area contributed by atoms with E-state index in [9.17, 15) is 32.8 Å². The number of hydrogen-bond donors (Lipinski definition) is 4. The summed E-state index contributed by atoms with van der Waals surface area (Å²) in [4.78, 5) is 77.7. The average molecular weight is 942 g/mol. The second-order valence-corrected chi connectivity index (χ2v) is 15.9. The summed E-state index contributed by atoms with van der Waals surface area (Å²) in [6.07, 6.45) is 3.52. The quantitative estimate of drug-likeness (QED) is 0.0562. The number of piperidine rings is 1. The molecule has 342 valence electrons. The smallest absolute Gasteiger partial charge is 0.255 e. The van der Waals surface area contributed by atoms with E-state index >= 15 is 0 Å². The van der Waals surface area contributed by atoms with Gasteiger partial charge in [0.2, 0.25) is 23.7 Å². The topological polar surface area (TPSA) is 193 Å². The van der Waals surface area contributed by atoms with Gasteiger partial charge in [-0.3, -0.25) is 34.3 Å². The Morgan fingerprint density at radius 3 is 2.41 bits per heavy atom. The molecule has 4 heterocycles. The Labute approximate surface area is 389 Å². The maximum absolute atomic E-state index is 14.9. The van der Waals surface area contributed by atoms with Gasteiger partial charge >= 0.3 is 0 Å². The molecule has 0 saturated carbocycles. The standard InChI is InChI=1S/C47H43ClF2N8O7.ClH/c48-29-12-15-31-33(23-29)43(41-35(49)6-4-7-36(41)50)52-24-28-25-53-47(57-42(28)31)54-30-13-10-27(11-14-30)44(61)51-18-20-65-22-21-64-19-2-1-9-39(59)55-37-8-3-5-32-34(37)26-58(46(32)63)38-16-17-40(60)56-45(38)62;/h3-8,10-15,23,25,38H,1-2,9,16-22,24,26H2,(H,51,61)(H,55,59)(H,53,54,57)(H,56,60,62);1H. The van der Waals surface area contributed by atoms with Crippen LogP contribution in [0.25, 0.3) is 11.3 Å². The molecular formula is C47H44Cl2F2N8O7.